The van der Waals surface area contributed by atoms with Crippen molar-refractivity contribution in [2.45, 2.75) is 51.6 Å². The summed E-state index contributed by atoms with van der Waals surface area (Å²) in [5, 5.41) is 15.4. The number of nitrogens with zero attached hydrogens (tertiary/aromatic N) is 1. The average Bonchev–Trinajstić information content (AvgIpc) is 2.53. The van der Waals surface area contributed by atoms with E-state index in [4.69, 9.17) is 10.9 Å². The lowest BCUT2D eigenvalue weighted by molar-refractivity contribution is 0.280. The van der Waals surface area contributed by atoms with Crippen LogP contribution in [0.4, 0.5) is 0 Å². The Morgan fingerprint density at radius 2 is 2.15 bits per heavy atom. The van der Waals surface area contributed by atoms with Gasteiger partial charge in [-0.3, -0.25) is 0 Å². The number of benzene rings is 1. The highest BCUT2D eigenvalue weighted by molar-refractivity contribution is 5.97. The van der Waals surface area contributed by atoms with Crippen LogP contribution in [0.25, 0.3) is 0 Å². The highest BCUT2D eigenvalue weighted by Gasteiger charge is 2.19. The molecule has 1 atom stereocenters. The van der Waals surface area contributed by atoms with E-state index in [0.29, 0.717) is 6.04 Å². The second-order valence-electron chi connectivity index (χ2n) is 5.75. The maximum atomic E-state index is 8.71. The number of oxime groups is 1. The van der Waals surface area contributed by atoms with Gasteiger partial charge in [-0.25, -0.2) is 0 Å². The third kappa shape index (κ3) is 3.97. The molecule has 20 heavy (non-hydrogen) atoms. The topological polar surface area (TPSA) is 70.6 Å². The Hall–Kier alpha value is -1.55. The molecule has 1 saturated carbocycles. The first-order valence-electron chi connectivity index (χ1n) is 7.51. The lowest BCUT2D eigenvalue weighted by Gasteiger charge is -2.28. The van der Waals surface area contributed by atoms with Crippen LogP contribution in [0.15, 0.2) is 29.4 Å². The van der Waals surface area contributed by atoms with E-state index < -0.39 is 0 Å². The zero-order chi connectivity index (χ0) is 14.4. The zero-order valence-corrected chi connectivity index (χ0v) is 12.2. The molecule has 0 saturated heterocycles. The van der Waals surface area contributed by atoms with Crippen LogP contribution in [0, 0.1) is 5.92 Å². The van der Waals surface area contributed by atoms with Gasteiger partial charge in [-0.1, -0.05) is 42.6 Å². The van der Waals surface area contributed by atoms with Crippen LogP contribution in [0.2, 0.25) is 0 Å². The quantitative estimate of drug-likeness (QED) is 0.335. The molecule has 4 N–H and O–H groups in total. The van der Waals surface area contributed by atoms with Crippen LogP contribution in [0.1, 0.15) is 50.2 Å². The van der Waals surface area contributed by atoms with E-state index in [1.807, 2.05) is 18.2 Å². The van der Waals surface area contributed by atoms with Gasteiger partial charge in [0.25, 0.3) is 0 Å². The van der Waals surface area contributed by atoms with Crippen LogP contribution in [-0.4, -0.2) is 17.1 Å². The summed E-state index contributed by atoms with van der Waals surface area (Å²) in [4.78, 5) is 0. The van der Waals surface area contributed by atoms with Crippen LogP contribution >= 0.6 is 0 Å². The number of nitrogens with one attached hydrogen (secondary N) is 1. The Balaban J connectivity index is 1.90. The van der Waals surface area contributed by atoms with Crippen molar-refractivity contribution in [3.8, 4) is 0 Å². The van der Waals surface area contributed by atoms with Gasteiger partial charge in [-0.15, -0.1) is 0 Å². The summed E-state index contributed by atoms with van der Waals surface area (Å²) in [6.45, 7) is 3.10. The SMILES string of the molecule is C[C@@H](NCc1cccc(/C(N)=N/O)c1)C1CCCCC1. The largest absolute Gasteiger partial charge is 0.409 e. The molecular weight excluding hydrogens is 250 g/mol. The molecule has 4 nitrogen and oxygen atoms in total. The first-order valence-corrected chi connectivity index (χ1v) is 7.51. The number of rotatable bonds is 5. The first kappa shape index (κ1) is 14.9. The van der Waals surface area contributed by atoms with E-state index in [1.165, 1.54) is 32.1 Å². The van der Waals surface area contributed by atoms with Gasteiger partial charge in [0, 0.05) is 18.2 Å². The number of hydrogen-bond acceptors (Lipinski definition) is 3. The van der Waals surface area contributed by atoms with E-state index in [2.05, 4.69) is 23.5 Å². The van der Waals surface area contributed by atoms with E-state index in [1.54, 1.807) is 0 Å². The maximum absolute atomic E-state index is 8.71. The molecule has 0 heterocycles. The van der Waals surface area contributed by atoms with Crippen LogP contribution in [0.5, 0.6) is 0 Å². The van der Waals surface area contributed by atoms with Crippen molar-refractivity contribution in [2.75, 3.05) is 0 Å². The molecule has 0 unspecified atom stereocenters. The molecule has 1 aromatic carbocycles. The van der Waals surface area contributed by atoms with Crippen molar-refractivity contribution < 1.29 is 5.21 Å². The molecule has 0 bridgehead atoms. The molecule has 0 amide bonds. The fourth-order valence-corrected chi connectivity index (χ4v) is 2.98. The van der Waals surface area contributed by atoms with Crippen LogP contribution < -0.4 is 11.1 Å². The van der Waals surface area contributed by atoms with Crippen molar-refractivity contribution in [3.05, 3.63) is 35.4 Å². The lowest BCUT2D eigenvalue weighted by atomic mass is 9.84. The molecular formula is C16H25N3O. The fourth-order valence-electron chi connectivity index (χ4n) is 2.98. The highest BCUT2D eigenvalue weighted by Crippen LogP contribution is 2.26. The lowest BCUT2D eigenvalue weighted by Crippen LogP contribution is -2.34. The summed E-state index contributed by atoms with van der Waals surface area (Å²) in [6.07, 6.45) is 6.83. The zero-order valence-electron chi connectivity index (χ0n) is 12.2. The normalized spacial score (nSPS) is 18.9. The van der Waals surface area contributed by atoms with E-state index >= 15 is 0 Å². The molecule has 2 rings (SSSR count). The van der Waals surface area contributed by atoms with Crippen molar-refractivity contribution in [2.24, 2.45) is 16.8 Å². The van der Waals surface area contributed by atoms with Crippen molar-refractivity contribution >= 4 is 5.84 Å². The molecule has 110 valence electrons. The summed E-state index contributed by atoms with van der Waals surface area (Å²) in [6, 6.07) is 8.37. The second-order valence-corrected chi connectivity index (χ2v) is 5.75. The molecule has 0 aliphatic heterocycles. The minimum Gasteiger partial charge on any atom is -0.409 e. The summed E-state index contributed by atoms with van der Waals surface area (Å²) >= 11 is 0. The Morgan fingerprint density at radius 1 is 1.40 bits per heavy atom. The predicted octanol–water partition coefficient (Wildman–Crippen LogP) is 2.84. The Kier molecular flexibility index (Phi) is 5.41. The molecule has 1 aliphatic carbocycles. The molecule has 1 fully saturated rings. The third-order valence-electron chi connectivity index (χ3n) is 4.32. The third-order valence-corrected chi connectivity index (χ3v) is 4.32. The van der Waals surface area contributed by atoms with Gasteiger partial charge in [-0.05, 0) is 37.3 Å². The summed E-state index contributed by atoms with van der Waals surface area (Å²) in [5.41, 5.74) is 7.54. The molecule has 0 radical (unpaired) electrons. The number of hydrogen-bond donors (Lipinski definition) is 3. The minimum atomic E-state index is 0.159. The predicted molar refractivity (Wildman–Crippen MR) is 81.8 cm³/mol. The smallest absolute Gasteiger partial charge is 0.170 e. The maximum Gasteiger partial charge on any atom is 0.170 e. The van der Waals surface area contributed by atoms with Gasteiger partial charge in [0.2, 0.25) is 0 Å². The van der Waals surface area contributed by atoms with E-state index in [0.717, 1.165) is 23.6 Å². The average molecular weight is 275 g/mol. The molecule has 4 heteroatoms. The fraction of sp³-hybridized carbons (Fsp3) is 0.562. The number of amidine groups is 1. The number of nitrogens with two attached hydrogens (primary N) is 1. The van der Waals surface area contributed by atoms with Crippen molar-refractivity contribution in [1.82, 2.24) is 5.32 Å². The Labute approximate surface area is 121 Å². The summed E-state index contributed by atoms with van der Waals surface area (Å²) in [5.74, 6) is 0.961. The van der Waals surface area contributed by atoms with Crippen molar-refractivity contribution in [3.63, 3.8) is 0 Å². The van der Waals surface area contributed by atoms with Gasteiger partial charge in [0.15, 0.2) is 5.84 Å². The molecule has 1 aromatic rings. The van der Waals surface area contributed by atoms with Gasteiger partial charge in [-0.2, -0.15) is 0 Å². The van der Waals surface area contributed by atoms with Gasteiger partial charge < -0.3 is 16.3 Å². The van der Waals surface area contributed by atoms with Crippen molar-refractivity contribution in [1.29, 1.82) is 0 Å². The highest BCUT2D eigenvalue weighted by atomic mass is 16.4. The minimum absolute atomic E-state index is 0.159. The molecule has 0 spiro atoms. The van der Waals surface area contributed by atoms with E-state index in [-0.39, 0.29) is 5.84 Å². The molecule has 0 aromatic heterocycles. The monoisotopic (exact) mass is 275 g/mol. The van der Waals surface area contributed by atoms with Gasteiger partial charge in [0.1, 0.15) is 0 Å². The van der Waals surface area contributed by atoms with Crippen LogP contribution in [-0.2, 0) is 6.54 Å². The molecule has 1 aliphatic rings. The van der Waals surface area contributed by atoms with Gasteiger partial charge in [0.05, 0.1) is 0 Å². The summed E-state index contributed by atoms with van der Waals surface area (Å²) < 4.78 is 0. The van der Waals surface area contributed by atoms with E-state index in [9.17, 15) is 0 Å². The summed E-state index contributed by atoms with van der Waals surface area (Å²) in [7, 11) is 0. The first-order chi connectivity index (χ1) is 9.70. The Bertz CT molecular complexity index is 453. The van der Waals surface area contributed by atoms with Gasteiger partial charge >= 0.3 is 0 Å². The van der Waals surface area contributed by atoms with Crippen LogP contribution in [0.3, 0.4) is 0 Å². The Morgan fingerprint density at radius 3 is 2.85 bits per heavy atom. The second kappa shape index (κ2) is 7.29. The standard InChI is InChI=1S/C16H25N3O/c1-12(14-7-3-2-4-8-14)18-11-13-6-5-9-15(10-13)16(17)19-20/h5-6,9-10,12,14,18,20H,2-4,7-8,11H2,1H3,(H2,17,19)/t12-/m1/s1.